The van der Waals surface area contributed by atoms with E-state index in [-0.39, 0.29) is 6.04 Å². The average Bonchev–Trinajstić information content (AvgIpc) is 2.88. The largest absolute Gasteiger partial charge is 0.496 e. The Labute approximate surface area is 121 Å². The Bertz CT molecular complexity index is 447. The second-order valence-electron chi connectivity index (χ2n) is 4.30. The van der Waals surface area contributed by atoms with E-state index >= 15 is 0 Å². The molecule has 1 aromatic rings. The predicted octanol–water partition coefficient (Wildman–Crippen LogP) is 4.45. The molecular weight excluding hydrogens is 314 g/mol. The van der Waals surface area contributed by atoms with Crippen LogP contribution in [0.25, 0.3) is 0 Å². The first-order valence-corrected chi connectivity index (χ1v) is 7.40. The van der Waals surface area contributed by atoms with Gasteiger partial charge in [-0.15, -0.1) is 0 Å². The van der Waals surface area contributed by atoms with Crippen LogP contribution in [0.4, 0.5) is 0 Å². The number of hydrogen-bond acceptors (Lipinski definition) is 2. The summed E-state index contributed by atoms with van der Waals surface area (Å²) < 4.78 is 6.75. The number of halogens is 2. The fraction of sp³-hybridized carbons (Fsp3) is 0.429. The maximum Gasteiger partial charge on any atom is 0.114 e. The monoisotopic (exact) mass is 329 g/mol. The van der Waals surface area contributed by atoms with Crippen molar-refractivity contribution in [2.75, 3.05) is 13.2 Å². The molecule has 0 saturated heterocycles. The second-order valence-corrected chi connectivity index (χ2v) is 5.59. The molecule has 1 aromatic carbocycles. The van der Waals surface area contributed by atoms with E-state index in [1.807, 2.05) is 18.2 Å². The molecule has 1 atom stereocenters. The molecular formula is C14H17BrClNO. The normalized spacial score (nSPS) is 16.3. The van der Waals surface area contributed by atoms with E-state index in [1.165, 1.54) is 0 Å². The molecule has 1 unspecified atom stereocenters. The quantitative estimate of drug-likeness (QED) is 0.861. The number of hydrogen-bond donors (Lipinski definition) is 1. The summed E-state index contributed by atoms with van der Waals surface area (Å²) in [5.41, 5.74) is 1.13. The van der Waals surface area contributed by atoms with E-state index in [0.717, 1.165) is 46.8 Å². The summed E-state index contributed by atoms with van der Waals surface area (Å²) in [5.74, 6) is 1.01. The number of rotatable bonds is 5. The first-order chi connectivity index (χ1) is 8.72. The van der Waals surface area contributed by atoms with Gasteiger partial charge in [-0.1, -0.05) is 34.5 Å². The zero-order valence-electron chi connectivity index (χ0n) is 10.4. The lowest BCUT2D eigenvalue weighted by Crippen LogP contribution is -2.24. The minimum Gasteiger partial charge on any atom is -0.496 e. The minimum absolute atomic E-state index is 0.0838. The summed E-state index contributed by atoms with van der Waals surface area (Å²) >= 11 is 9.68. The van der Waals surface area contributed by atoms with Crippen LogP contribution in [0.2, 0.25) is 5.02 Å². The third-order valence-corrected chi connectivity index (χ3v) is 3.84. The molecule has 0 fully saturated rings. The molecule has 0 aliphatic carbocycles. The Hall–Kier alpha value is -0.510. The van der Waals surface area contributed by atoms with E-state index < -0.39 is 0 Å². The molecule has 0 aromatic heterocycles. The summed E-state index contributed by atoms with van der Waals surface area (Å²) in [4.78, 5) is 0. The minimum atomic E-state index is 0.0838. The van der Waals surface area contributed by atoms with Gasteiger partial charge in [0.1, 0.15) is 5.76 Å². The molecule has 2 rings (SSSR count). The molecule has 0 spiro atoms. The van der Waals surface area contributed by atoms with E-state index in [4.69, 9.17) is 16.3 Å². The van der Waals surface area contributed by atoms with E-state index in [0.29, 0.717) is 0 Å². The van der Waals surface area contributed by atoms with Crippen molar-refractivity contribution < 1.29 is 4.74 Å². The fourth-order valence-electron chi connectivity index (χ4n) is 2.03. The highest BCUT2D eigenvalue weighted by Crippen LogP contribution is 2.33. The maximum absolute atomic E-state index is 6.09. The maximum atomic E-state index is 6.09. The molecule has 0 saturated carbocycles. The molecule has 1 heterocycles. The Morgan fingerprint density at radius 2 is 2.33 bits per heavy atom. The summed E-state index contributed by atoms with van der Waals surface area (Å²) in [5, 5.41) is 4.26. The van der Waals surface area contributed by atoms with Crippen molar-refractivity contribution in [1.82, 2.24) is 5.32 Å². The van der Waals surface area contributed by atoms with Crippen molar-refractivity contribution in [3.8, 4) is 0 Å². The van der Waals surface area contributed by atoms with Gasteiger partial charge in [0.25, 0.3) is 0 Å². The van der Waals surface area contributed by atoms with E-state index in [9.17, 15) is 0 Å². The molecule has 0 bridgehead atoms. The van der Waals surface area contributed by atoms with Crippen LogP contribution in [0.3, 0.4) is 0 Å². The van der Waals surface area contributed by atoms with Crippen molar-refractivity contribution in [3.05, 3.63) is 45.1 Å². The molecule has 98 valence electrons. The van der Waals surface area contributed by atoms with Crippen molar-refractivity contribution in [2.45, 2.75) is 25.8 Å². The van der Waals surface area contributed by atoms with Crippen LogP contribution in [0.15, 0.2) is 34.5 Å². The van der Waals surface area contributed by atoms with Gasteiger partial charge in [-0.2, -0.15) is 0 Å². The molecule has 0 radical (unpaired) electrons. The van der Waals surface area contributed by atoms with Crippen molar-refractivity contribution >= 4 is 27.5 Å². The first-order valence-electron chi connectivity index (χ1n) is 6.23. The highest BCUT2D eigenvalue weighted by molar-refractivity contribution is 9.10. The Morgan fingerprint density at radius 1 is 1.50 bits per heavy atom. The van der Waals surface area contributed by atoms with Gasteiger partial charge in [0.05, 0.1) is 12.6 Å². The molecule has 0 amide bonds. The highest BCUT2D eigenvalue weighted by Gasteiger charge is 2.22. The van der Waals surface area contributed by atoms with Gasteiger partial charge in [-0.3, -0.25) is 0 Å². The van der Waals surface area contributed by atoms with Crippen LogP contribution < -0.4 is 5.32 Å². The highest BCUT2D eigenvalue weighted by atomic mass is 79.9. The summed E-state index contributed by atoms with van der Waals surface area (Å²) in [6.45, 7) is 3.88. The van der Waals surface area contributed by atoms with Gasteiger partial charge in [-0.05, 0) is 42.8 Å². The predicted molar refractivity (Wildman–Crippen MR) is 78.8 cm³/mol. The number of benzene rings is 1. The first kappa shape index (κ1) is 13.9. The molecule has 1 aliphatic heterocycles. The SMILES string of the molecule is CCCNC(C1=CCCO1)c1cc(Cl)ccc1Br. The lowest BCUT2D eigenvalue weighted by molar-refractivity contribution is 0.215. The molecule has 18 heavy (non-hydrogen) atoms. The Balaban J connectivity index is 2.29. The fourth-order valence-corrected chi connectivity index (χ4v) is 2.68. The second kappa shape index (κ2) is 6.60. The number of nitrogens with one attached hydrogen (secondary N) is 1. The van der Waals surface area contributed by atoms with Crippen LogP contribution in [0, 0.1) is 0 Å². The number of ether oxygens (including phenoxy) is 1. The smallest absolute Gasteiger partial charge is 0.114 e. The zero-order valence-corrected chi connectivity index (χ0v) is 12.7. The van der Waals surface area contributed by atoms with Gasteiger partial charge < -0.3 is 10.1 Å². The van der Waals surface area contributed by atoms with Crippen LogP contribution in [0.1, 0.15) is 31.4 Å². The molecule has 1 aliphatic rings. The Kier molecular flexibility index (Phi) is 5.10. The average molecular weight is 331 g/mol. The van der Waals surface area contributed by atoms with Gasteiger partial charge in [0.15, 0.2) is 0 Å². The van der Waals surface area contributed by atoms with E-state index in [2.05, 4.69) is 34.2 Å². The van der Waals surface area contributed by atoms with Gasteiger partial charge in [0.2, 0.25) is 0 Å². The topological polar surface area (TPSA) is 21.3 Å². The van der Waals surface area contributed by atoms with Crippen LogP contribution in [-0.4, -0.2) is 13.2 Å². The van der Waals surface area contributed by atoms with Gasteiger partial charge in [-0.25, -0.2) is 0 Å². The van der Waals surface area contributed by atoms with Crippen molar-refractivity contribution in [3.63, 3.8) is 0 Å². The van der Waals surface area contributed by atoms with Crippen molar-refractivity contribution in [2.24, 2.45) is 0 Å². The van der Waals surface area contributed by atoms with Crippen LogP contribution >= 0.6 is 27.5 Å². The third kappa shape index (κ3) is 3.28. The van der Waals surface area contributed by atoms with Gasteiger partial charge in [0, 0.05) is 15.9 Å². The summed E-state index contributed by atoms with van der Waals surface area (Å²) in [6, 6.07) is 5.94. The zero-order chi connectivity index (χ0) is 13.0. The summed E-state index contributed by atoms with van der Waals surface area (Å²) in [6.07, 6.45) is 4.22. The van der Waals surface area contributed by atoms with Crippen LogP contribution in [0.5, 0.6) is 0 Å². The lowest BCUT2D eigenvalue weighted by Gasteiger charge is -2.21. The summed E-state index contributed by atoms with van der Waals surface area (Å²) in [7, 11) is 0. The van der Waals surface area contributed by atoms with Crippen LogP contribution in [-0.2, 0) is 4.74 Å². The standard InChI is InChI=1S/C14H17BrClNO/c1-2-7-17-14(13-4-3-8-18-13)11-9-10(16)5-6-12(11)15/h4-6,9,14,17H,2-3,7-8H2,1H3. The molecule has 1 N–H and O–H groups in total. The third-order valence-electron chi connectivity index (χ3n) is 2.88. The molecule has 4 heteroatoms. The van der Waals surface area contributed by atoms with Crippen molar-refractivity contribution in [1.29, 1.82) is 0 Å². The Morgan fingerprint density at radius 3 is 3.00 bits per heavy atom. The van der Waals surface area contributed by atoms with Gasteiger partial charge >= 0.3 is 0 Å². The van der Waals surface area contributed by atoms with E-state index in [1.54, 1.807) is 0 Å². The lowest BCUT2D eigenvalue weighted by atomic mass is 10.0. The molecule has 2 nitrogen and oxygen atoms in total.